The van der Waals surface area contributed by atoms with Gasteiger partial charge in [0.1, 0.15) is 0 Å². The van der Waals surface area contributed by atoms with E-state index in [0.717, 1.165) is 0 Å². The van der Waals surface area contributed by atoms with Crippen molar-refractivity contribution < 1.29 is 0 Å². The summed E-state index contributed by atoms with van der Waals surface area (Å²) in [6, 6.07) is 8.82. The van der Waals surface area contributed by atoms with Gasteiger partial charge in [-0.1, -0.05) is 0 Å². The molecule has 0 aromatic heterocycles. The number of hydrogen-bond acceptors (Lipinski definition) is 1. The van der Waals surface area contributed by atoms with E-state index in [9.17, 15) is 0 Å². The number of anilines is 1. The fourth-order valence-electron chi connectivity index (χ4n) is 1.49. The van der Waals surface area contributed by atoms with Crippen LogP contribution >= 0.6 is 0 Å². The van der Waals surface area contributed by atoms with Crippen LogP contribution < -0.4 is 8.92 Å². The Hall–Kier alpha value is -0.335. The Bertz CT molecular complexity index is 354. The van der Waals surface area contributed by atoms with Crippen LogP contribution in [-0.4, -0.2) is 28.5 Å². The van der Waals surface area contributed by atoms with Crippen molar-refractivity contribution in [2.75, 3.05) is 4.57 Å². The molecule has 1 aliphatic rings. The topological polar surface area (TPSA) is 3.24 Å². The van der Waals surface area contributed by atoms with E-state index in [1.807, 2.05) is 0 Å². The van der Waals surface area contributed by atoms with Gasteiger partial charge in [0, 0.05) is 0 Å². The van der Waals surface area contributed by atoms with E-state index in [1.165, 1.54) is 5.69 Å². The van der Waals surface area contributed by atoms with Crippen molar-refractivity contribution in [2.45, 2.75) is 19.6 Å². The average molecular weight is 251 g/mol. The van der Waals surface area contributed by atoms with Crippen molar-refractivity contribution in [3.8, 4) is 0 Å². The van der Waals surface area contributed by atoms with Crippen LogP contribution in [0.3, 0.4) is 0 Å². The van der Waals surface area contributed by atoms with Gasteiger partial charge in [0.15, 0.2) is 0 Å². The Kier molecular flexibility index (Phi) is 2.21. The molecule has 0 spiro atoms. The summed E-state index contributed by atoms with van der Waals surface area (Å²) in [7, 11) is -1.17. The molecule has 1 nitrogen and oxygen atoms in total. The zero-order chi connectivity index (χ0) is 9.47. The van der Waals surface area contributed by atoms with E-state index in [1.54, 1.807) is 4.35 Å². The van der Waals surface area contributed by atoms with Gasteiger partial charge in [-0.05, 0) is 0 Å². The van der Waals surface area contributed by atoms with Gasteiger partial charge in [-0.25, -0.2) is 0 Å². The summed E-state index contributed by atoms with van der Waals surface area (Å²) < 4.78 is 4.11. The van der Waals surface area contributed by atoms with Crippen molar-refractivity contribution in [1.29, 1.82) is 0 Å². The predicted molar refractivity (Wildman–Crippen MR) is 63.7 cm³/mol. The second-order valence-corrected chi connectivity index (χ2v) is 11.1. The van der Waals surface area contributed by atoms with Gasteiger partial charge in [-0.3, -0.25) is 0 Å². The van der Waals surface area contributed by atoms with Crippen LogP contribution in [0.1, 0.15) is 0 Å². The Morgan fingerprint density at radius 2 is 1.85 bits per heavy atom. The van der Waals surface area contributed by atoms with Crippen molar-refractivity contribution in [2.24, 2.45) is 0 Å². The maximum absolute atomic E-state index is 2.54. The van der Waals surface area contributed by atoms with E-state index in [4.69, 9.17) is 0 Å². The molecular weight excluding hydrogens is 237 g/mol. The maximum atomic E-state index is 2.54. The van der Waals surface area contributed by atoms with Gasteiger partial charge in [0.25, 0.3) is 0 Å². The first kappa shape index (κ1) is 9.23. The van der Waals surface area contributed by atoms with E-state index in [0.29, 0.717) is 15.3 Å². The summed E-state index contributed by atoms with van der Waals surface area (Å²) in [5.41, 5.74) is 1.47. The first-order chi connectivity index (χ1) is 6.09. The second kappa shape index (κ2) is 3.11. The molecule has 1 aliphatic heterocycles. The van der Waals surface area contributed by atoms with Crippen LogP contribution in [0.25, 0.3) is 0 Å². The summed E-state index contributed by atoms with van der Waals surface area (Å²) in [5.74, 6) is 0. The molecule has 0 aliphatic carbocycles. The molecule has 3 heteroatoms. The van der Waals surface area contributed by atoms with Gasteiger partial charge in [-0.2, -0.15) is 0 Å². The minimum absolute atomic E-state index is 0.294. The zero-order valence-corrected chi connectivity index (χ0v) is 11.2. The molecule has 1 heterocycles. The second-order valence-electron chi connectivity index (χ2n) is 4.27. The fourth-order valence-corrected chi connectivity index (χ4v) is 7.23. The molecule has 0 unspecified atom stereocenters. The van der Waals surface area contributed by atoms with Crippen molar-refractivity contribution >= 4 is 38.5 Å². The Balaban J connectivity index is 2.45. The molecule has 0 fully saturated rings. The third kappa shape index (κ3) is 1.65. The number of benzene rings is 1. The molecule has 0 saturated carbocycles. The number of nitrogens with zero attached hydrogens (tertiary/aromatic N) is 1. The van der Waals surface area contributed by atoms with Crippen LogP contribution in [0.5, 0.6) is 0 Å². The molecule has 13 heavy (non-hydrogen) atoms. The number of hydrogen-bond donors (Lipinski definition) is 0. The van der Waals surface area contributed by atoms with E-state index in [2.05, 4.69) is 53.4 Å². The van der Waals surface area contributed by atoms with Gasteiger partial charge in [0.05, 0.1) is 0 Å². The molecule has 1 aromatic carbocycles. The van der Waals surface area contributed by atoms with Gasteiger partial charge in [-0.15, -0.1) is 0 Å². The normalized spacial score (nSPS) is 16.1. The number of fused-ring (bicyclic) bond motifs is 1. The van der Waals surface area contributed by atoms with Crippen molar-refractivity contribution in [3.63, 3.8) is 0 Å². The third-order valence-corrected chi connectivity index (χ3v) is 6.57. The fraction of sp³-hybridized carbons (Fsp3) is 0.300. The molecule has 0 bridgehead atoms. The number of rotatable bonds is 1. The molecule has 0 N–H and O–H groups in total. The van der Waals surface area contributed by atoms with E-state index < -0.39 is 8.24 Å². The summed E-state index contributed by atoms with van der Waals surface area (Å²) >= 11 is 0.294. The van der Waals surface area contributed by atoms with Crippen molar-refractivity contribution in [3.05, 3.63) is 24.3 Å². The van der Waals surface area contributed by atoms with Crippen LogP contribution in [0.2, 0.25) is 19.6 Å². The molecule has 1 aromatic rings. The third-order valence-electron chi connectivity index (χ3n) is 2.18. The molecule has 2 rings (SSSR count). The van der Waals surface area contributed by atoms with Gasteiger partial charge < -0.3 is 0 Å². The molecule has 68 valence electrons. The Labute approximate surface area is 87.1 Å². The molecule has 0 atom stereocenters. The standard InChI is InChI=1S/C10H14AsNSi/c1-13(2,3)12-8-11-9-6-4-5-7-10(9)12/h4-8H,1-3H3. The quantitative estimate of drug-likeness (QED) is 0.682. The van der Waals surface area contributed by atoms with Gasteiger partial charge in [0.2, 0.25) is 0 Å². The first-order valence-corrected chi connectivity index (χ1v) is 9.98. The average Bonchev–Trinajstić information content (AvgIpc) is 2.45. The van der Waals surface area contributed by atoms with Crippen LogP contribution in [0, 0.1) is 0 Å². The van der Waals surface area contributed by atoms with Gasteiger partial charge >= 0.3 is 87.0 Å². The van der Waals surface area contributed by atoms with Crippen LogP contribution in [0.15, 0.2) is 24.3 Å². The molecule has 0 amide bonds. The Morgan fingerprint density at radius 1 is 1.15 bits per heavy atom. The zero-order valence-electron chi connectivity index (χ0n) is 8.28. The van der Waals surface area contributed by atoms with Crippen molar-refractivity contribution in [1.82, 2.24) is 0 Å². The van der Waals surface area contributed by atoms with Crippen LogP contribution in [-0.2, 0) is 0 Å². The molecule has 0 radical (unpaired) electrons. The molecule has 0 saturated heterocycles. The summed E-state index contributed by atoms with van der Waals surface area (Å²) in [6.07, 6.45) is 0. The predicted octanol–water partition coefficient (Wildman–Crippen LogP) is 1.43. The Morgan fingerprint density at radius 3 is 2.54 bits per heavy atom. The summed E-state index contributed by atoms with van der Waals surface area (Å²) in [6.45, 7) is 7.19. The monoisotopic (exact) mass is 251 g/mol. The summed E-state index contributed by atoms with van der Waals surface area (Å²) in [4.78, 5) is 2.44. The van der Waals surface area contributed by atoms with Crippen LogP contribution in [0.4, 0.5) is 5.69 Å². The number of para-hydroxylation sites is 1. The minimum atomic E-state index is -1.17. The first-order valence-electron chi connectivity index (χ1n) is 4.51. The van der Waals surface area contributed by atoms with E-state index >= 15 is 0 Å². The SMILES string of the molecule is C[Si](C)(C)N1C=[As]c2ccccc21. The molecular formula is C10H14AsNSi. The summed E-state index contributed by atoms with van der Waals surface area (Å²) in [5, 5.41) is 0. The van der Waals surface area contributed by atoms with E-state index in [-0.39, 0.29) is 0 Å².